The molecule has 1 rings (SSSR count). The Morgan fingerprint density at radius 2 is 1.89 bits per heavy atom. The van der Waals surface area contributed by atoms with Crippen LogP contribution < -0.4 is 0 Å². The summed E-state index contributed by atoms with van der Waals surface area (Å²) in [6, 6.07) is 10.5. The van der Waals surface area contributed by atoms with Crippen molar-refractivity contribution in [3.05, 3.63) is 35.9 Å². The average Bonchev–Trinajstić information content (AvgIpc) is 2.43. The van der Waals surface area contributed by atoms with Gasteiger partial charge in [0.25, 0.3) is 0 Å². The lowest BCUT2D eigenvalue weighted by Gasteiger charge is -2.25. The third-order valence-corrected chi connectivity index (χ3v) is 3.71. The maximum atomic E-state index is 11.0. The van der Waals surface area contributed by atoms with E-state index in [1.807, 2.05) is 25.2 Å². The molecule has 1 aromatic rings. The Bertz CT molecular complexity index is 336. The van der Waals surface area contributed by atoms with Crippen molar-refractivity contribution in [1.82, 2.24) is 4.90 Å². The second-order valence-corrected chi connectivity index (χ2v) is 5.14. The average molecular weight is 247 g/mol. The third-order valence-electron chi connectivity index (χ3n) is 3.71. The van der Waals surface area contributed by atoms with Crippen LogP contribution in [-0.4, -0.2) is 18.4 Å². The number of carbonyl (C=O) groups is 1. The summed E-state index contributed by atoms with van der Waals surface area (Å²) in [6.07, 6.45) is 5.63. The molecule has 18 heavy (non-hydrogen) atoms. The minimum Gasteiger partial charge on any atom is -0.341 e. The third kappa shape index (κ3) is 4.52. The number of carbonyl (C=O) groups excluding carboxylic acids is 1. The molecule has 1 amide bonds. The van der Waals surface area contributed by atoms with Crippen LogP contribution in [0.5, 0.6) is 0 Å². The zero-order chi connectivity index (χ0) is 13.4. The van der Waals surface area contributed by atoms with Crippen LogP contribution in [0.2, 0.25) is 0 Å². The van der Waals surface area contributed by atoms with Crippen molar-refractivity contribution < 1.29 is 4.79 Å². The molecule has 2 nitrogen and oxygen atoms in total. The molecule has 2 unspecified atom stereocenters. The fourth-order valence-corrected chi connectivity index (χ4v) is 2.22. The van der Waals surface area contributed by atoms with Gasteiger partial charge in [-0.1, -0.05) is 63.4 Å². The minimum absolute atomic E-state index is 0.216. The first-order valence-corrected chi connectivity index (χ1v) is 6.91. The van der Waals surface area contributed by atoms with E-state index in [0.29, 0.717) is 0 Å². The minimum atomic E-state index is 0.216. The molecule has 0 spiro atoms. The lowest BCUT2D eigenvalue weighted by Crippen LogP contribution is -2.23. The highest BCUT2D eigenvalue weighted by Gasteiger charge is 2.15. The van der Waals surface area contributed by atoms with Crippen LogP contribution in [0, 0.1) is 5.92 Å². The first-order chi connectivity index (χ1) is 8.69. The number of rotatable bonds is 8. The van der Waals surface area contributed by atoms with Crippen LogP contribution >= 0.6 is 0 Å². The molecular formula is C16H25NO. The predicted octanol–water partition coefficient (Wildman–Crippen LogP) is 4.03. The van der Waals surface area contributed by atoms with Crippen molar-refractivity contribution in [3.63, 3.8) is 0 Å². The van der Waals surface area contributed by atoms with Crippen molar-refractivity contribution >= 4 is 6.41 Å². The molecule has 0 aliphatic rings. The summed E-state index contributed by atoms with van der Waals surface area (Å²) in [6.45, 7) is 4.53. The van der Waals surface area contributed by atoms with Gasteiger partial charge in [0.1, 0.15) is 0 Å². The van der Waals surface area contributed by atoms with E-state index >= 15 is 0 Å². The molecule has 0 aliphatic carbocycles. The standard InChI is InChI=1S/C16H25NO/c1-4-14(2)9-8-12-16(17(3)13-18)15-10-6-5-7-11-15/h5-7,10-11,13-14,16H,4,8-9,12H2,1-3H3. The van der Waals surface area contributed by atoms with Gasteiger partial charge in [0, 0.05) is 7.05 Å². The Hall–Kier alpha value is -1.31. The molecule has 0 saturated heterocycles. The summed E-state index contributed by atoms with van der Waals surface area (Å²) in [5.74, 6) is 0.781. The number of amides is 1. The second kappa shape index (κ2) is 7.91. The maximum absolute atomic E-state index is 11.0. The number of hydrogen-bond acceptors (Lipinski definition) is 1. The summed E-state index contributed by atoms with van der Waals surface area (Å²) in [5.41, 5.74) is 1.23. The van der Waals surface area contributed by atoms with Crippen molar-refractivity contribution in [3.8, 4) is 0 Å². The normalized spacial score (nSPS) is 13.9. The molecule has 0 saturated carbocycles. The van der Waals surface area contributed by atoms with Crippen LogP contribution in [0.1, 0.15) is 51.1 Å². The smallest absolute Gasteiger partial charge is 0.209 e. The van der Waals surface area contributed by atoms with E-state index in [2.05, 4.69) is 26.0 Å². The van der Waals surface area contributed by atoms with E-state index < -0.39 is 0 Å². The fourth-order valence-electron chi connectivity index (χ4n) is 2.22. The molecule has 2 heteroatoms. The quantitative estimate of drug-likeness (QED) is 0.635. The molecule has 0 N–H and O–H groups in total. The van der Waals surface area contributed by atoms with Crippen molar-refractivity contribution in [2.24, 2.45) is 5.92 Å². The van der Waals surface area contributed by atoms with E-state index in [0.717, 1.165) is 18.7 Å². The van der Waals surface area contributed by atoms with Crippen LogP contribution in [0.25, 0.3) is 0 Å². The Morgan fingerprint density at radius 3 is 2.44 bits per heavy atom. The van der Waals surface area contributed by atoms with Gasteiger partial charge < -0.3 is 4.90 Å². The topological polar surface area (TPSA) is 20.3 Å². The van der Waals surface area contributed by atoms with Crippen LogP contribution in [0.15, 0.2) is 30.3 Å². The van der Waals surface area contributed by atoms with Gasteiger partial charge in [0.2, 0.25) is 6.41 Å². The molecule has 100 valence electrons. The van der Waals surface area contributed by atoms with Gasteiger partial charge in [-0.05, 0) is 17.9 Å². The van der Waals surface area contributed by atoms with Gasteiger partial charge in [-0.2, -0.15) is 0 Å². The molecule has 0 radical (unpaired) electrons. The summed E-state index contributed by atoms with van der Waals surface area (Å²) in [7, 11) is 1.87. The number of nitrogens with zero attached hydrogens (tertiary/aromatic N) is 1. The van der Waals surface area contributed by atoms with E-state index in [4.69, 9.17) is 0 Å². The largest absolute Gasteiger partial charge is 0.341 e. The SMILES string of the molecule is CCC(C)CCCC(c1ccccc1)N(C)C=O. The Labute approximate surface area is 111 Å². The van der Waals surface area contributed by atoms with Crippen LogP contribution in [0.3, 0.4) is 0 Å². The zero-order valence-electron chi connectivity index (χ0n) is 11.8. The Morgan fingerprint density at radius 1 is 1.22 bits per heavy atom. The summed E-state index contributed by atoms with van der Waals surface area (Å²) in [5, 5.41) is 0. The number of hydrogen-bond donors (Lipinski definition) is 0. The molecular weight excluding hydrogens is 222 g/mol. The van der Waals surface area contributed by atoms with Gasteiger partial charge in [-0.15, -0.1) is 0 Å². The first-order valence-electron chi connectivity index (χ1n) is 6.91. The summed E-state index contributed by atoms with van der Waals surface area (Å²) in [4.78, 5) is 12.8. The maximum Gasteiger partial charge on any atom is 0.209 e. The highest BCUT2D eigenvalue weighted by atomic mass is 16.1. The monoisotopic (exact) mass is 247 g/mol. The first kappa shape index (κ1) is 14.7. The zero-order valence-corrected chi connectivity index (χ0v) is 11.8. The molecule has 0 aromatic heterocycles. The number of benzene rings is 1. The van der Waals surface area contributed by atoms with Crippen LogP contribution in [0.4, 0.5) is 0 Å². The van der Waals surface area contributed by atoms with Crippen molar-refractivity contribution in [2.75, 3.05) is 7.05 Å². The summed E-state index contributed by atoms with van der Waals surface area (Å²) >= 11 is 0. The van der Waals surface area contributed by atoms with E-state index in [1.54, 1.807) is 4.90 Å². The lowest BCUT2D eigenvalue weighted by atomic mass is 9.95. The second-order valence-electron chi connectivity index (χ2n) is 5.14. The van der Waals surface area contributed by atoms with E-state index in [-0.39, 0.29) is 6.04 Å². The van der Waals surface area contributed by atoms with Gasteiger partial charge in [0.05, 0.1) is 6.04 Å². The van der Waals surface area contributed by atoms with Crippen molar-refractivity contribution in [1.29, 1.82) is 0 Å². The van der Waals surface area contributed by atoms with Crippen LogP contribution in [-0.2, 0) is 4.79 Å². The molecule has 0 heterocycles. The van der Waals surface area contributed by atoms with Gasteiger partial charge in [0.15, 0.2) is 0 Å². The fraction of sp³-hybridized carbons (Fsp3) is 0.562. The highest BCUT2D eigenvalue weighted by Crippen LogP contribution is 2.25. The predicted molar refractivity (Wildman–Crippen MR) is 76.3 cm³/mol. The van der Waals surface area contributed by atoms with E-state index in [1.165, 1.54) is 24.8 Å². The molecule has 0 fully saturated rings. The van der Waals surface area contributed by atoms with Gasteiger partial charge in [-0.25, -0.2) is 0 Å². The highest BCUT2D eigenvalue weighted by molar-refractivity contribution is 5.48. The Balaban J connectivity index is 2.60. The van der Waals surface area contributed by atoms with Crippen molar-refractivity contribution in [2.45, 2.75) is 45.6 Å². The molecule has 0 aliphatic heterocycles. The lowest BCUT2D eigenvalue weighted by molar-refractivity contribution is -0.119. The molecule has 0 bridgehead atoms. The van der Waals surface area contributed by atoms with E-state index in [9.17, 15) is 4.79 Å². The van der Waals surface area contributed by atoms with Gasteiger partial charge in [-0.3, -0.25) is 4.79 Å². The summed E-state index contributed by atoms with van der Waals surface area (Å²) < 4.78 is 0. The Kier molecular flexibility index (Phi) is 6.48. The van der Waals surface area contributed by atoms with Gasteiger partial charge >= 0.3 is 0 Å². The molecule has 1 aromatic carbocycles. The molecule has 2 atom stereocenters.